The van der Waals surface area contributed by atoms with E-state index >= 15 is 0 Å². The molecule has 1 N–H and O–H groups in total. The predicted molar refractivity (Wildman–Crippen MR) is 73.2 cm³/mol. The maximum atomic E-state index is 12.5. The number of carbonyl (C=O) groups is 1. The lowest BCUT2D eigenvalue weighted by atomic mass is 10.0. The number of ether oxygens (including phenoxy) is 1. The summed E-state index contributed by atoms with van der Waals surface area (Å²) in [5, 5.41) is 9.54. The minimum Gasteiger partial charge on any atom is -0.497 e. The van der Waals surface area contributed by atoms with Gasteiger partial charge in [-0.1, -0.05) is 12.1 Å². The number of rotatable bonds is 5. The molecule has 0 radical (unpaired) electrons. The van der Waals surface area contributed by atoms with Crippen LogP contribution >= 0.6 is 0 Å². The second kappa shape index (κ2) is 6.22. The maximum absolute atomic E-state index is 12.5. The number of likely N-dealkylation sites (tertiary alicyclic amines) is 1. The average Bonchev–Trinajstić information content (AvgIpc) is 2.87. The van der Waals surface area contributed by atoms with E-state index in [9.17, 15) is 14.3 Å². The summed E-state index contributed by atoms with van der Waals surface area (Å²) in [6.45, 7) is 1.53. The lowest BCUT2D eigenvalue weighted by molar-refractivity contribution is -0.129. The number of aliphatic hydroxyl groups is 1. The smallest absolute Gasteiger partial charge is 0.223 e. The molecule has 2 rings (SSSR count). The molecule has 1 heterocycles. The van der Waals surface area contributed by atoms with Crippen LogP contribution in [-0.4, -0.2) is 42.3 Å². The fourth-order valence-corrected chi connectivity index (χ4v) is 2.58. The Morgan fingerprint density at radius 2 is 2.10 bits per heavy atom. The zero-order valence-electron chi connectivity index (χ0n) is 11.8. The summed E-state index contributed by atoms with van der Waals surface area (Å²) in [6.07, 6.45) is -0.835. The molecule has 5 heteroatoms. The van der Waals surface area contributed by atoms with Crippen molar-refractivity contribution in [2.45, 2.75) is 25.5 Å². The third-order valence-electron chi connectivity index (χ3n) is 3.96. The number of hydrogen-bond donors (Lipinski definition) is 1. The first kappa shape index (κ1) is 14.8. The Balaban J connectivity index is 2.08. The van der Waals surface area contributed by atoms with Gasteiger partial charge in [0.25, 0.3) is 0 Å². The number of benzene rings is 1. The van der Waals surface area contributed by atoms with Crippen LogP contribution < -0.4 is 4.74 Å². The molecule has 4 nitrogen and oxygen atoms in total. The molecule has 1 aliphatic heterocycles. The molecule has 110 valence electrons. The number of amides is 1. The lowest BCUT2D eigenvalue weighted by Gasteiger charge is -2.26. The van der Waals surface area contributed by atoms with Crippen molar-refractivity contribution in [3.63, 3.8) is 0 Å². The Hall–Kier alpha value is -1.62. The van der Waals surface area contributed by atoms with Gasteiger partial charge in [0, 0.05) is 18.9 Å². The van der Waals surface area contributed by atoms with E-state index in [2.05, 4.69) is 0 Å². The molecule has 0 aliphatic carbocycles. The molecular formula is C15H20FNO3. The largest absolute Gasteiger partial charge is 0.497 e. The van der Waals surface area contributed by atoms with E-state index in [1.807, 2.05) is 31.2 Å². The molecule has 1 aliphatic rings. The van der Waals surface area contributed by atoms with Crippen molar-refractivity contribution in [1.29, 1.82) is 0 Å². The summed E-state index contributed by atoms with van der Waals surface area (Å²) in [5.74, 6) is 0.415. The van der Waals surface area contributed by atoms with Crippen LogP contribution in [-0.2, 0) is 4.79 Å². The Morgan fingerprint density at radius 1 is 1.45 bits per heavy atom. The second-order valence-corrected chi connectivity index (χ2v) is 5.18. The third-order valence-corrected chi connectivity index (χ3v) is 3.96. The highest BCUT2D eigenvalue weighted by Gasteiger charge is 2.36. The fraction of sp³-hybridized carbons (Fsp3) is 0.533. The number of aliphatic hydroxyl groups excluding tert-OH is 1. The molecule has 1 amide bonds. The van der Waals surface area contributed by atoms with E-state index in [-0.39, 0.29) is 24.3 Å². The van der Waals surface area contributed by atoms with Crippen molar-refractivity contribution < 1.29 is 19.0 Å². The first-order valence-corrected chi connectivity index (χ1v) is 6.74. The number of halogens is 1. The van der Waals surface area contributed by atoms with Crippen LogP contribution in [0.25, 0.3) is 0 Å². The summed E-state index contributed by atoms with van der Waals surface area (Å²) in [4.78, 5) is 13.7. The molecule has 1 aromatic carbocycles. The molecule has 1 saturated heterocycles. The summed E-state index contributed by atoms with van der Waals surface area (Å²) in [7, 11) is 1.60. The van der Waals surface area contributed by atoms with Gasteiger partial charge in [-0.3, -0.25) is 4.79 Å². The molecule has 1 unspecified atom stereocenters. The zero-order valence-corrected chi connectivity index (χ0v) is 11.8. The van der Waals surface area contributed by atoms with Gasteiger partial charge in [0.05, 0.1) is 19.3 Å². The molecule has 1 fully saturated rings. The Bertz CT molecular complexity index is 463. The number of carbonyl (C=O) groups excluding carboxylic acids is 1. The maximum Gasteiger partial charge on any atom is 0.223 e. The van der Waals surface area contributed by atoms with E-state index in [4.69, 9.17) is 4.74 Å². The molecular weight excluding hydrogens is 261 g/mol. The van der Waals surface area contributed by atoms with Crippen molar-refractivity contribution in [2.24, 2.45) is 5.92 Å². The topological polar surface area (TPSA) is 49.8 Å². The fourth-order valence-electron chi connectivity index (χ4n) is 2.58. The van der Waals surface area contributed by atoms with Crippen LogP contribution in [0.3, 0.4) is 0 Å². The number of hydrogen-bond acceptors (Lipinski definition) is 3. The second-order valence-electron chi connectivity index (χ2n) is 5.18. The molecule has 0 bridgehead atoms. The Morgan fingerprint density at radius 3 is 2.65 bits per heavy atom. The summed E-state index contributed by atoms with van der Waals surface area (Å²) in [6, 6.07) is 7.43. The average molecular weight is 281 g/mol. The zero-order chi connectivity index (χ0) is 14.7. The van der Waals surface area contributed by atoms with Gasteiger partial charge >= 0.3 is 0 Å². The van der Waals surface area contributed by atoms with Crippen molar-refractivity contribution in [1.82, 2.24) is 4.90 Å². The molecule has 1 aromatic rings. The molecule has 0 aromatic heterocycles. The van der Waals surface area contributed by atoms with Crippen LogP contribution in [0.15, 0.2) is 24.3 Å². The summed E-state index contributed by atoms with van der Waals surface area (Å²) in [5.41, 5.74) is 0.995. The third kappa shape index (κ3) is 2.93. The van der Waals surface area contributed by atoms with E-state index in [0.717, 1.165) is 11.3 Å². The van der Waals surface area contributed by atoms with Crippen LogP contribution in [0.5, 0.6) is 5.75 Å². The summed E-state index contributed by atoms with van der Waals surface area (Å²) < 4.78 is 17.6. The van der Waals surface area contributed by atoms with Crippen LogP contribution in [0.1, 0.15) is 24.9 Å². The Labute approximate surface area is 118 Å². The first-order valence-electron chi connectivity index (χ1n) is 6.74. The quantitative estimate of drug-likeness (QED) is 0.897. The van der Waals surface area contributed by atoms with Gasteiger partial charge in [-0.05, 0) is 24.6 Å². The van der Waals surface area contributed by atoms with Gasteiger partial charge in [-0.2, -0.15) is 0 Å². The summed E-state index contributed by atoms with van der Waals surface area (Å²) >= 11 is 0. The SMILES string of the molecule is COc1ccc([C@@H](C)N2C[C@H](C(O)CF)CC2=O)cc1. The monoisotopic (exact) mass is 281 g/mol. The van der Waals surface area contributed by atoms with E-state index in [1.54, 1.807) is 12.0 Å². The predicted octanol–water partition coefficient (Wildman–Crippen LogP) is 1.94. The highest BCUT2D eigenvalue weighted by atomic mass is 19.1. The molecule has 3 atom stereocenters. The lowest BCUT2D eigenvalue weighted by Crippen LogP contribution is -2.30. The number of methoxy groups -OCH3 is 1. The van der Waals surface area contributed by atoms with E-state index < -0.39 is 12.8 Å². The van der Waals surface area contributed by atoms with Crippen LogP contribution in [0.4, 0.5) is 4.39 Å². The van der Waals surface area contributed by atoms with Crippen molar-refractivity contribution in [3.05, 3.63) is 29.8 Å². The van der Waals surface area contributed by atoms with Gasteiger partial charge in [-0.15, -0.1) is 0 Å². The van der Waals surface area contributed by atoms with Gasteiger partial charge in [-0.25, -0.2) is 4.39 Å². The van der Waals surface area contributed by atoms with Gasteiger partial charge in [0.1, 0.15) is 12.4 Å². The van der Waals surface area contributed by atoms with Gasteiger partial charge in [0.15, 0.2) is 0 Å². The minimum atomic E-state index is -1.05. The molecule has 0 saturated carbocycles. The van der Waals surface area contributed by atoms with Gasteiger partial charge < -0.3 is 14.7 Å². The van der Waals surface area contributed by atoms with Crippen LogP contribution in [0, 0.1) is 5.92 Å². The number of alkyl halides is 1. The van der Waals surface area contributed by atoms with E-state index in [0.29, 0.717) is 6.54 Å². The van der Waals surface area contributed by atoms with Crippen LogP contribution in [0.2, 0.25) is 0 Å². The standard InChI is InChI=1S/C15H20FNO3/c1-10(11-3-5-13(20-2)6-4-11)17-9-12(7-15(17)19)14(18)8-16/h3-6,10,12,14,18H,7-9H2,1-2H3/t10-,12-,14?/m1/s1. The van der Waals surface area contributed by atoms with Crippen molar-refractivity contribution in [2.75, 3.05) is 20.3 Å². The van der Waals surface area contributed by atoms with Gasteiger partial charge in [0.2, 0.25) is 5.91 Å². The number of nitrogens with zero attached hydrogens (tertiary/aromatic N) is 1. The molecule has 0 spiro atoms. The van der Waals surface area contributed by atoms with Crippen molar-refractivity contribution >= 4 is 5.91 Å². The normalized spacial score (nSPS) is 21.9. The highest BCUT2D eigenvalue weighted by Crippen LogP contribution is 2.30. The minimum absolute atomic E-state index is 0.0363. The molecule has 20 heavy (non-hydrogen) atoms. The first-order chi connectivity index (χ1) is 9.56. The Kier molecular flexibility index (Phi) is 4.60. The highest BCUT2D eigenvalue weighted by molar-refractivity contribution is 5.79. The van der Waals surface area contributed by atoms with Crippen molar-refractivity contribution in [3.8, 4) is 5.75 Å². The van der Waals surface area contributed by atoms with E-state index in [1.165, 1.54) is 0 Å².